The minimum Gasteiger partial charge on any atom is -0.443 e. The van der Waals surface area contributed by atoms with E-state index in [1.807, 2.05) is 0 Å². The highest BCUT2D eigenvalue weighted by molar-refractivity contribution is 5.79. The van der Waals surface area contributed by atoms with Crippen LogP contribution in [0.3, 0.4) is 0 Å². The summed E-state index contributed by atoms with van der Waals surface area (Å²) >= 11 is 0. The Morgan fingerprint density at radius 2 is 0.842 bits per heavy atom. The molecule has 0 spiro atoms. The van der Waals surface area contributed by atoms with Gasteiger partial charge in [0.15, 0.2) is 0 Å². The summed E-state index contributed by atoms with van der Waals surface area (Å²) < 4.78 is 47.9. The third-order valence-electron chi connectivity index (χ3n) is 4.04. The van der Waals surface area contributed by atoms with Gasteiger partial charge in [0.05, 0.1) is 112 Å². The summed E-state index contributed by atoms with van der Waals surface area (Å²) in [5, 5.41) is 0. The SMILES string of the molecule is CC(C)(C)OC(=O)NNC(=O)CCOCCOCCOCCOCCOCCOCCOCCOCCN. The number of nitrogens with one attached hydrogen (secondary N) is 2. The summed E-state index contributed by atoms with van der Waals surface area (Å²) in [6.45, 7) is 13.1. The van der Waals surface area contributed by atoms with Crippen molar-refractivity contribution in [2.24, 2.45) is 5.73 Å². The molecule has 14 heteroatoms. The van der Waals surface area contributed by atoms with Gasteiger partial charge in [-0.1, -0.05) is 0 Å². The molecule has 0 radical (unpaired) electrons. The molecule has 0 unspecified atom stereocenters. The normalized spacial score (nSPS) is 11.5. The lowest BCUT2D eigenvalue weighted by atomic mass is 10.2. The van der Waals surface area contributed by atoms with Crippen LogP contribution in [0.4, 0.5) is 4.79 Å². The van der Waals surface area contributed by atoms with E-state index < -0.39 is 11.7 Å². The molecular weight excluding hydrogens is 506 g/mol. The quantitative estimate of drug-likeness (QED) is 0.0969. The first-order chi connectivity index (χ1) is 18.3. The Balaban J connectivity index is 3.18. The van der Waals surface area contributed by atoms with E-state index in [0.717, 1.165) is 0 Å². The van der Waals surface area contributed by atoms with Crippen LogP contribution < -0.4 is 16.6 Å². The molecule has 0 aliphatic carbocycles. The molecule has 0 atom stereocenters. The fourth-order valence-electron chi connectivity index (χ4n) is 2.38. The molecule has 0 aliphatic rings. The number of carbonyl (C=O) groups excluding carboxylic acids is 2. The number of ether oxygens (including phenoxy) is 9. The average molecular weight is 556 g/mol. The van der Waals surface area contributed by atoms with E-state index in [1.54, 1.807) is 20.8 Å². The molecule has 0 heterocycles. The van der Waals surface area contributed by atoms with Gasteiger partial charge in [-0.2, -0.15) is 0 Å². The number of amides is 2. The van der Waals surface area contributed by atoms with Gasteiger partial charge < -0.3 is 48.4 Å². The fourth-order valence-corrected chi connectivity index (χ4v) is 2.38. The molecule has 0 saturated carbocycles. The molecule has 0 saturated heterocycles. The molecule has 0 aliphatic heterocycles. The lowest BCUT2D eigenvalue weighted by molar-refractivity contribution is -0.123. The zero-order valence-electron chi connectivity index (χ0n) is 23.3. The molecular formula is C24H49N3O11. The minimum atomic E-state index is -0.722. The second-order valence-corrected chi connectivity index (χ2v) is 8.61. The second kappa shape index (κ2) is 27.0. The van der Waals surface area contributed by atoms with Crippen LogP contribution in [0.1, 0.15) is 27.2 Å². The third-order valence-corrected chi connectivity index (χ3v) is 4.04. The highest BCUT2D eigenvalue weighted by atomic mass is 16.6. The molecule has 2 amide bonds. The van der Waals surface area contributed by atoms with Crippen molar-refractivity contribution in [1.82, 2.24) is 10.9 Å². The lowest BCUT2D eigenvalue weighted by Crippen LogP contribution is -2.44. The number of nitrogens with two attached hydrogens (primary N) is 1. The fraction of sp³-hybridized carbons (Fsp3) is 0.917. The van der Waals surface area contributed by atoms with Gasteiger partial charge in [0.2, 0.25) is 5.91 Å². The Labute approximate surface area is 226 Å². The maximum Gasteiger partial charge on any atom is 0.426 e. The zero-order chi connectivity index (χ0) is 28.2. The maximum absolute atomic E-state index is 11.6. The van der Waals surface area contributed by atoms with E-state index in [1.165, 1.54) is 0 Å². The summed E-state index contributed by atoms with van der Waals surface area (Å²) in [5.74, 6) is -0.383. The molecule has 226 valence electrons. The van der Waals surface area contributed by atoms with Crippen molar-refractivity contribution in [3.63, 3.8) is 0 Å². The highest BCUT2D eigenvalue weighted by Crippen LogP contribution is 2.05. The second-order valence-electron chi connectivity index (χ2n) is 8.61. The van der Waals surface area contributed by atoms with Gasteiger partial charge >= 0.3 is 6.09 Å². The van der Waals surface area contributed by atoms with Crippen LogP contribution >= 0.6 is 0 Å². The van der Waals surface area contributed by atoms with E-state index in [0.29, 0.717) is 106 Å². The molecule has 0 aromatic rings. The van der Waals surface area contributed by atoms with Crippen LogP contribution in [0.2, 0.25) is 0 Å². The molecule has 4 N–H and O–H groups in total. The molecule has 14 nitrogen and oxygen atoms in total. The van der Waals surface area contributed by atoms with Gasteiger partial charge in [-0.3, -0.25) is 10.2 Å². The first kappa shape index (κ1) is 36.4. The summed E-state index contributed by atoms with van der Waals surface area (Å²) in [6, 6.07) is 0. The van der Waals surface area contributed by atoms with Gasteiger partial charge in [-0.15, -0.1) is 0 Å². The van der Waals surface area contributed by atoms with E-state index in [4.69, 9.17) is 48.4 Å². The van der Waals surface area contributed by atoms with Crippen LogP contribution in [0, 0.1) is 0 Å². The number of rotatable bonds is 26. The molecule has 0 aromatic heterocycles. The van der Waals surface area contributed by atoms with Crippen molar-refractivity contribution < 1.29 is 52.2 Å². The van der Waals surface area contributed by atoms with Crippen molar-refractivity contribution in [3.8, 4) is 0 Å². The minimum absolute atomic E-state index is 0.0974. The average Bonchev–Trinajstić information content (AvgIpc) is 2.86. The van der Waals surface area contributed by atoms with Crippen molar-refractivity contribution in [2.45, 2.75) is 32.8 Å². The summed E-state index contributed by atoms with van der Waals surface area (Å²) in [6.07, 6.45) is -0.625. The predicted molar refractivity (Wildman–Crippen MR) is 138 cm³/mol. The molecule has 0 rings (SSSR count). The Hall–Kier alpha value is -1.62. The summed E-state index contributed by atoms with van der Waals surface area (Å²) in [5.41, 5.74) is 9.10. The number of hydrazine groups is 1. The van der Waals surface area contributed by atoms with Gasteiger partial charge in [0.25, 0.3) is 0 Å². The first-order valence-corrected chi connectivity index (χ1v) is 12.9. The van der Waals surface area contributed by atoms with E-state index in [2.05, 4.69) is 10.9 Å². The van der Waals surface area contributed by atoms with Gasteiger partial charge in [0, 0.05) is 6.54 Å². The maximum atomic E-state index is 11.6. The largest absolute Gasteiger partial charge is 0.443 e. The smallest absolute Gasteiger partial charge is 0.426 e. The summed E-state index contributed by atoms with van der Waals surface area (Å²) in [4.78, 5) is 23.0. The standard InChI is InChI=1S/C24H49N3O11/c1-24(2,3)38-23(29)27-26-22(28)4-6-30-8-10-32-12-14-34-16-18-36-20-21-37-19-17-35-15-13-33-11-9-31-7-5-25/h4-21,25H2,1-3H3,(H,26,28)(H,27,29). The van der Waals surface area contributed by atoms with E-state index in [-0.39, 0.29) is 18.9 Å². The van der Waals surface area contributed by atoms with E-state index in [9.17, 15) is 9.59 Å². The van der Waals surface area contributed by atoms with Crippen molar-refractivity contribution in [2.75, 3.05) is 112 Å². The Bertz CT molecular complexity index is 551. The third kappa shape index (κ3) is 30.6. The van der Waals surface area contributed by atoms with Crippen LogP contribution in [0.25, 0.3) is 0 Å². The Morgan fingerprint density at radius 1 is 0.526 bits per heavy atom. The molecule has 38 heavy (non-hydrogen) atoms. The molecule has 0 bridgehead atoms. The van der Waals surface area contributed by atoms with Gasteiger partial charge in [-0.05, 0) is 20.8 Å². The monoisotopic (exact) mass is 555 g/mol. The van der Waals surface area contributed by atoms with Crippen molar-refractivity contribution in [1.29, 1.82) is 0 Å². The Morgan fingerprint density at radius 3 is 1.16 bits per heavy atom. The van der Waals surface area contributed by atoms with Crippen molar-refractivity contribution >= 4 is 12.0 Å². The topological polar surface area (TPSA) is 167 Å². The van der Waals surface area contributed by atoms with Crippen LogP contribution in [0.15, 0.2) is 0 Å². The highest BCUT2D eigenvalue weighted by Gasteiger charge is 2.16. The predicted octanol–water partition coefficient (Wildman–Crippen LogP) is 0.0239. The van der Waals surface area contributed by atoms with Crippen LogP contribution in [0.5, 0.6) is 0 Å². The zero-order valence-corrected chi connectivity index (χ0v) is 23.3. The summed E-state index contributed by atoms with van der Waals surface area (Å²) in [7, 11) is 0. The number of hydrogen-bond acceptors (Lipinski definition) is 12. The number of carbonyl (C=O) groups is 2. The van der Waals surface area contributed by atoms with Crippen LogP contribution in [-0.4, -0.2) is 130 Å². The lowest BCUT2D eigenvalue weighted by Gasteiger charge is -2.19. The van der Waals surface area contributed by atoms with E-state index >= 15 is 0 Å². The van der Waals surface area contributed by atoms with Crippen molar-refractivity contribution in [3.05, 3.63) is 0 Å². The number of hydrogen-bond donors (Lipinski definition) is 3. The van der Waals surface area contributed by atoms with Gasteiger partial charge in [0.1, 0.15) is 5.60 Å². The molecule has 0 aromatic carbocycles. The first-order valence-electron chi connectivity index (χ1n) is 12.9. The van der Waals surface area contributed by atoms with Crippen LogP contribution in [-0.2, 0) is 47.4 Å². The molecule has 0 fully saturated rings. The Kier molecular flexibility index (Phi) is 25.8. The van der Waals surface area contributed by atoms with Gasteiger partial charge in [-0.25, -0.2) is 10.2 Å².